The van der Waals surface area contributed by atoms with Crippen molar-refractivity contribution in [2.75, 3.05) is 7.05 Å². The van der Waals surface area contributed by atoms with Crippen molar-refractivity contribution < 1.29 is 4.74 Å². The van der Waals surface area contributed by atoms with E-state index < -0.39 is 0 Å². The van der Waals surface area contributed by atoms with Gasteiger partial charge in [0, 0.05) is 22.4 Å². The molecule has 0 aliphatic heterocycles. The number of halogens is 1. The number of hydrogen-bond acceptors (Lipinski definition) is 2. The van der Waals surface area contributed by atoms with Gasteiger partial charge in [0.1, 0.15) is 11.9 Å². The molecule has 1 N–H and O–H groups in total. The van der Waals surface area contributed by atoms with Crippen LogP contribution in [0.3, 0.4) is 0 Å². The fourth-order valence-corrected chi connectivity index (χ4v) is 2.68. The lowest BCUT2D eigenvalue weighted by Gasteiger charge is -2.51. The van der Waals surface area contributed by atoms with Gasteiger partial charge < -0.3 is 10.1 Å². The Labute approximate surface area is 112 Å². The second-order valence-electron chi connectivity index (χ2n) is 5.42. The highest BCUT2D eigenvalue weighted by molar-refractivity contribution is 9.10. The Kier molecular flexibility index (Phi) is 3.50. The Balaban J connectivity index is 2.05. The molecule has 1 aromatic carbocycles. The third kappa shape index (κ3) is 2.36. The van der Waals surface area contributed by atoms with Gasteiger partial charge in [-0.2, -0.15) is 0 Å². The maximum absolute atomic E-state index is 6.07. The molecular weight excluding hydrogens is 278 g/mol. The monoisotopic (exact) mass is 297 g/mol. The lowest BCUT2D eigenvalue weighted by Crippen LogP contribution is -2.61. The van der Waals surface area contributed by atoms with Crippen molar-refractivity contribution >= 4 is 15.9 Å². The first-order chi connectivity index (χ1) is 7.95. The van der Waals surface area contributed by atoms with Crippen LogP contribution in [0.15, 0.2) is 22.7 Å². The van der Waals surface area contributed by atoms with E-state index in [-0.39, 0.29) is 5.41 Å². The van der Waals surface area contributed by atoms with E-state index in [4.69, 9.17) is 4.74 Å². The predicted molar refractivity (Wildman–Crippen MR) is 74.5 cm³/mol. The molecule has 94 valence electrons. The number of aryl methyl sites for hydroxylation is 1. The quantitative estimate of drug-likeness (QED) is 0.922. The summed E-state index contributed by atoms with van der Waals surface area (Å²) in [7, 11) is 2.02. The topological polar surface area (TPSA) is 21.3 Å². The van der Waals surface area contributed by atoms with Crippen LogP contribution in [0.1, 0.15) is 25.8 Å². The number of benzene rings is 1. The summed E-state index contributed by atoms with van der Waals surface area (Å²) in [4.78, 5) is 0. The molecule has 0 spiro atoms. The van der Waals surface area contributed by atoms with E-state index in [9.17, 15) is 0 Å². The van der Waals surface area contributed by atoms with Gasteiger partial charge in [-0.1, -0.05) is 29.8 Å². The molecule has 1 aromatic rings. The molecule has 1 fully saturated rings. The average molecular weight is 298 g/mol. The Bertz CT molecular complexity index is 417. The number of rotatable bonds is 3. The molecule has 2 rings (SSSR count). The summed E-state index contributed by atoms with van der Waals surface area (Å²) >= 11 is 3.50. The van der Waals surface area contributed by atoms with Gasteiger partial charge in [0.25, 0.3) is 0 Å². The smallest absolute Gasteiger partial charge is 0.120 e. The highest BCUT2D eigenvalue weighted by Crippen LogP contribution is 2.43. The number of hydrogen-bond donors (Lipinski definition) is 1. The molecule has 0 radical (unpaired) electrons. The Hall–Kier alpha value is -0.540. The summed E-state index contributed by atoms with van der Waals surface area (Å²) in [6.07, 6.45) is 1.39. The van der Waals surface area contributed by atoms with Crippen molar-refractivity contribution in [3.8, 4) is 5.75 Å². The summed E-state index contributed by atoms with van der Waals surface area (Å²) < 4.78 is 7.20. The molecule has 0 aromatic heterocycles. The Morgan fingerprint density at radius 3 is 2.65 bits per heavy atom. The minimum atomic E-state index is 0.204. The molecule has 0 bridgehead atoms. The van der Waals surface area contributed by atoms with Gasteiger partial charge in [-0.3, -0.25) is 0 Å². The summed E-state index contributed by atoms with van der Waals surface area (Å²) in [5, 5.41) is 3.34. The van der Waals surface area contributed by atoms with Gasteiger partial charge in [-0.25, -0.2) is 0 Å². The second kappa shape index (κ2) is 4.62. The minimum Gasteiger partial charge on any atom is -0.490 e. The largest absolute Gasteiger partial charge is 0.490 e. The molecular formula is C14H20BrNO. The van der Waals surface area contributed by atoms with Crippen molar-refractivity contribution in [1.82, 2.24) is 5.32 Å². The van der Waals surface area contributed by atoms with E-state index in [0.29, 0.717) is 12.1 Å². The fraction of sp³-hybridized carbons (Fsp3) is 0.571. The van der Waals surface area contributed by atoms with Gasteiger partial charge in [0.2, 0.25) is 0 Å². The van der Waals surface area contributed by atoms with Crippen LogP contribution in [0.25, 0.3) is 0 Å². The van der Waals surface area contributed by atoms with Crippen LogP contribution in [-0.4, -0.2) is 19.2 Å². The molecule has 0 saturated heterocycles. The first-order valence-corrected chi connectivity index (χ1v) is 6.84. The molecule has 1 aliphatic carbocycles. The van der Waals surface area contributed by atoms with Gasteiger partial charge in [-0.15, -0.1) is 0 Å². The molecule has 1 aliphatic rings. The average Bonchev–Trinajstić information content (AvgIpc) is 2.28. The summed E-state index contributed by atoms with van der Waals surface area (Å²) in [6, 6.07) is 6.72. The molecule has 3 heteroatoms. The number of nitrogens with one attached hydrogen (secondary N) is 1. The van der Waals surface area contributed by atoms with Crippen LogP contribution >= 0.6 is 15.9 Å². The predicted octanol–water partition coefficient (Wildman–Crippen LogP) is 3.52. The van der Waals surface area contributed by atoms with Crippen molar-refractivity contribution in [2.24, 2.45) is 5.41 Å². The van der Waals surface area contributed by atoms with Crippen molar-refractivity contribution in [2.45, 2.75) is 39.3 Å². The summed E-state index contributed by atoms with van der Waals surface area (Å²) in [5.41, 5.74) is 1.42. The van der Waals surface area contributed by atoms with Gasteiger partial charge in [0.15, 0.2) is 0 Å². The van der Waals surface area contributed by atoms with Crippen LogP contribution < -0.4 is 10.1 Å². The first kappa shape index (κ1) is 12.9. The van der Waals surface area contributed by atoms with Crippen LogP contribution in [-0.2, 0) is 0 Å². The third-order valence-electron chi connectivity index (χ3n) is 3.93. The minimum absolute atomic E-state index is 0.204. The van der Waals surface area contributed by atoms with Crippen LogP contribution in [0.2, 0.25) is 0 Å². The van der Waals surface area contributed by atoms with E-state index in [0.717, 1.165) is 16.6 Å². The highest BCUT2D eigenvalue weighted by Gasteiger charge is 2.49. The summed E-state index contributed by atoms with van der Waals surface area (Å²) in [5.74, 6) is 0.971. The second-order valence-corrected chi connectivity index (χ2v) is 6.27. The Morgan fingerprint density at radius 1 is 1.41 bits per heavy atom. The fourth-order valence-electron chi connectivity index (χ4n) is 2.43. The molecule has 0 amide bonds. The van der Waals surface area contributed by atoms with E-state index >= 15 is 0 Å². The van der Waals surface area contributed by atoms with Crippen LogP contribution in [0.4, 0.5) is 0 Å². The zero-order chi connectivity index (χ0) is 12.6. The van der Waals surface area contributed by atoms with Gasteiger partial charge in [0.05, 0.1) is 0 Å². The van der Waals surface area contributed by atoms with E-state index in [2.05, 4.69) is 48.1 Å². The zero-order valence-electron chi connectivity index (χ0n) is 10.9. The lowest BCUT2D eigenvalue weighted by molar-refractivity contribution is -0.0521. The molecule has 0 heterocycles. The van der Waals surface area contributed by atoms with Crippen molar-refractivity contribution in [3.63, 3.8) is 0 Å². The van der Waals surface area contributed by atoms with E-state index in [1.54, 1.807) is 0 Å². The SMILES string of the molecule is CNC1CC(Oc2ccc(Br)c(C)c2)C1(C)C. The molecule has 2 unspecified atom stereocenters. The Morgan fingerprint density at radius 2 is 2.12 bits per heavy atom. The van der Waals surface area contributed by atoms with E-state index in [1.807, 2.05) is 19.2 Å². The molecule has 2 nitrogen and oxygen atoms in total. The van der Waals surface area contributed by atoms with Gasteiger partial charge in [-0.05, 0) is 37.7 Å². The maximum Gasteiger partial charge on any atom is 0.120 e. The van der Waals surface area contributed by atoms with Crippen LogP contribution in [0.5, 0.6) is 5.75 Å². The summed E-state index contributed by atoms with van der Waals surface area (Å²) in [6.45, 7) is 6.60. The van der Waals surface area contributed by atoms with Crippen molar-refractivity contribution in [3.05, 3.63) is 28.2 Å². The third-order valence-corrected chi connectivity index (χ3v) is 4.82. The van der Waals surface area contributed by atoms with E-state index in [1.165, 1.54) is 5.56 Å². The standard InChI is InChI=1S/C14H20BrNO/c1-9-7-10(5-6-11(9)15)17-13-8-12(16-4)14(13,2)3/h5-7,12-13,16H,8H2,1-4H3. The number of ether oxygens (including phenoxy) is 1. The zero-order valence-corrected chi connectivity index (χ0v) is 12.5. The highest BCUT2D eigenvalue weighted by atomic mass is 79.9. The molecule has 17 heavy (non-hydrogen) atoms. The molecule has 2 atom stereocenters. The first-order valence-electron chi connectivity index (χ1n) is 6.05. The normalized spacial score (nSPS) is 26.4. The molecule has 1 saturated carbocycles. The van der Waals surface area contributed by atoms with Gasteiger partial charge >= 0.3 is 0 Å². The van der Waals surface area contributed by atoms with Crippen molar-refractivity contribution in [1.29, 1.82) is 0 Å². The van der Waals surface area contributed by atoms with Crippen LogP contribution in [0, 0.1) is 12.3 Å². The lowest BCUT2D eigenvalue weighted by atomic mass is 9.64. The maximum atomic E-state index is 6.07.